The van der Waals surface area contributed by atoms with Gasteiger partial charge < -0.3 is 20.1 Å². The molecule has 0 radical (unpaired) electrons. The highest BCUT2D eigenvalue weighted by molar-refractivity contribution is 5.94. The smallest absolute Gasteiger partial charge is 0.272 e. The lowest BCUT2D eigenvalue weighted by Crippen LogP contribution is -2.42. The van der Waals surface area contributed by atoms with Crippen LogP contribution in [0.4, 0.5) is 0 Å². The van der Waals surface area contributed by atoms with Crippen LogP contribution in [0.5, 0.6) is 11.5 Å². The molecular formula is C35H48N4O4. The van der Waals surface area contributed by atoms with E-state index in [-0.39, 0.29) is 36.2 Å². The molecule has 8 nitrogen and oxygen atoms in total. The normalized spacial score (nSPS) is 17.3. The fourth-order valence-corrected chi connectivity index (χ4v) is 5.76. The zero-order chi connectivity index (χ0) is 30.8. The van der Waals surface area contributed by atoms with Gasteiger partial charge in [0, 0.05) is 19.0 Å². The van der Waals surface area contributed by atoms with Gasteiger partial charge in [0.25, 0.3) is 5.91 Å². The highest BCUT2D eigenvalue weighted by Gasteiger charge is 2.29. The molecule has 1 heterocycles. The monoisotopic (exact) mass is 588 g/mol. The number of amides is 2. The third-order valence-corrected chi connectivity index (χ3v) is 8.30. The van der Waals surface area contributed by atoms with Gasteiger partial charge in [-0.15, -0.1) is 0 Å². The van der Waals surface area contributed by atoms with Gasteiger partial charge >= 0.3 is 0 Å². The number of rotatable bonds is 14. The van der Waals surface area contributed by atoms with Gasteiger partial charge in [-0.1, -0.05) is 83.4 Å². The highest BCUT2D eigenvalue weighted by Crippen LogP contribution is 2.42. The van der Waals surface area contributed by atoms with Crippen LogP contribution in [0.1, 0.15) is 94.7 Å². The predicted molar refractivity (Wildman–Crippen MR) is 170 cm³/mol. The number of carbonyl (C=O) groups is 2. The molecule has 3 unspecified atom stereocenters. The second kappa shape index (κ2) is 15.6. The minimum atomic E-state index is -0.312. The van der Waals surface area contributed by atoms with E-state index < -0.39 is 0 Å². The van der Waals surface area contributed by atoms with Crippen LogP contribution in [0.25, 0.3) is 11.3 Å². The molecule has 2 amide bonds. The number of aromatic nitrogens is 2. The van der Waals surface area contributed by atoms with Crippen molar-refractivity contribution in [2.75, 3.05) is 13.7 Å². The maximum absolute atomic E-state index is 13.7. The summed E-state index contributed by atoms with van der Waals surface area (Å²) in [6, 6.07) is 17.5. The van der Waals surface area contributed by atoms with E-state index >= 15 is 0 Å². The number of carbonyl (C=O) groups excluding carboxylic acids is 2. The lowest BCUT2D eigenvalue weighted by atomic mass is 9.87. The number of unbranched alkanes of at least 4 members (excludes halogenated alkanes) is 1. The molecule has 1 aromatic heterocycles. The van der Waals surface area contributed by atoms with Crippen molar-refractivity contribution in [3.63, 3.8) is 0 Å². The van der Waals surface area contributed by atoms with E-state index in [4.69, 9.17) is 14.6 Å². The third kappa shape index (κ3) is 8.62. The minimum Gasteiger partial charge on any atom is -0.496 e. The standard InChI is InChI=1S/C35H48N4O4/c1-6-7-19-36-33(40)22-28(24(2)3)37-35(41)29-21-30(39(38-29)27-16-11-13-25(4)20-27)34-31(42-5)17-12-18-32(34)43-23-26-14-9-8-10-15-26/h8-10,12,14-15,17-18,21,24-25,27-28H,6-7,11,13,16,19-20,22-23H2,1-5H3,(H,36,40)(H,37,41). The molecule has 43 heavy (non-hydrogen) atoms. The summed E-state index contributed by atoms with van der Waals surface area (Å²) in [4.78, 5) is 26.3. The number of nitrogens with one attached hydrogen (secondary N) is 2. The van der Waals surface area contributed by atoms with Crippen molar-refractivity contribution in [2.45, 2.75) is 91.3 Å². The van der Waals surface area contributed by atoms with Crippen LogP contribution < -0.4 is 20.1 Å². The molecule has 1 aliphatic rings. The third-order valence-electron chi connectivity index (χ3n) is 8.30. The Hall–Kier alpha value is -3.81. The molecule has 1 aliphatic carbocycles. The van der Waals surface area contributed by atoms with Crippen LogP contribution in [-0.2, 0) is 11.4 Å². The van der Waals surface area contributed by atoms with Gasteiger partial charge in [-0.3, -0.25) is 14.3 Å². The first kappa shape index (κ1) is 32.1. The van der Waals surface area contributed by atoms with E-state index in [2.05, 4.69) is 24.5 Å². The van der Waals surface area contributed by atoms with E-state index in [1.54, 1.807) is 7.11 Å². The molecule has 0 spiro atoms. The average Bonchev–Trinajstić information content (AvgIpc) is 3.45. The summed E-state index contributed by atoms with van der Waals surface area (Å²) in [6.07, 6.45) is 6.45. The van der Waals surface area contributed by atoms with Crippen molar-refractivity contribution >= 4 is 11.8 Å². The largest absolute Gasteiger partial charge is 0.496 e. The summed E-state index contributed by atoms with van der Waals surface area (Å²) in [7, 11) is 1.65. The van der Waals surface area contributed by atoms with Gasteiger partial charge in [0.05, 0.1) is 24.4 Å². The molecule has 0 saturated heterocycles. The fourth-order valence-electron chi connectivity index (χ4n) is 5.76. The molecular weight excluding hydrogens is 540 g/mol. The molecule has 232 valence electrons. The second-order valence-corrected chi connectivity index (χ2v) is 12.1. The maximum atomic E-state index is 13.7. The van der Waals surface area contributed by atoms with Gasteiger partial charge in [-0.05, 0) is 54.9 Å². The van der Waals surface area contributed by atoms with Crippen molar-refractivity contribution in [1.82, 2.24) is 20.4 Å². The van der Waals surface area contributed by atoms with E-state index in [0.717, 1.165) is 48.9 Å². The number of hydrogen-bond acceptors (Lipinski definition) is 5. The molecule has 1 fully saturated rings. The number of hydrogen-bond donors (Lipinski definition) is 2. The molecule has 0 aliphatic heterocycles. The van der Waals surface area contributed by atoms with Gasteiger partial charge in [-0.25, -0.2) is 0 Å². The van der Waals surface area contributed by atoms with Crippen LogP contribution in [-0.4, -0.2) is 41.3 Å². The van der Waals surface area contributed by atoms with Crippen LogP contribution in [0.15, 0.2) is 54.6 Å². The first-order valence-electron chi connectivity index (χ1n) is 15.8. The van der Waals surface area contributed by atoms with Gasteiger partial charge in [0.15, 0.2) is 5.69 Å². The number of nitrogens with zero attached hydrogens (tertiary/aromatic N) is 2. The number of benzene rings is 2. The van der Waals surface area contributed by atoms with E-state index in [0.29, 0.717) is 36.3 Å². The Labute approximate surface area is 256 Å². The summed E-state index contributed by atoms with van der Waals surface area (Å²) in [5.74, 6) is 1.63. The molecule has 2 N–H and O–H groups in total. The molecule has 3 aromatic rings. The maximum Gasteiger partial charge on any atom is 0.272 e. The first-order chi connectivity index (χ1) is 20.8. The molecule has 2 aromatic carbocycles. The van der Waals surface area contributed by atoms with Crippen molar-refractivity contribution < 1.29 is 19.1 Å². The fraction of sp³-hybridized carbons (Fsp3) is 0.514. The lowest BCUT2D eigenvalue weighted by molar-refractivity contribution is -0.121. The highest BCUT2D eigenvalue weighted by atomic mass is 16.5. The summed E-state index contributed by atoms with van der Waals surface area (Å²) < 4.78 is 14.2. The lowest BCUT2D eigenvalue weighted by Gasteiger charge is -2.29. The zero-order valence-electron chi connectivity index (χ0n) is 26.4. The summed E-state index contributed by atoms with van der Waals surface area (Å²) in [6.45, 7) is 9.45. The SMILES string of the molecule is CCCCNC(=O)CC(NC(=O)c1cc(-c2c(OC)cccc2OCc2ccccc2)n(C2CCCC(C)C2)n1)C(C)C. The van der Waals surface area contributed by atoms with Gasteiger partial charge in [0.1, 0.15) is 18.1 Å². The summed E-state index contributed by atoms with van der Waals surface area (Å²) in [5, 5.41) is 11.0. The second-order valence-electron chi connectivity index (χ2n) is 12.1. The summed E-state index contributed by atoms with van der Waals surface area (Å²) >= 11 is 0. The molecule has 0 bridgehead atoms. The van der Waals surface area contributed by atoms with Gasteiger partial charge in [-0.2, -0.15) is 5.10 Å². The Morgan fingerprint density at radius 2 is 1.84 bits per heavy atom. The Morgan fingerprint density at radius 1 is 1.07 bits per heavy atom. The summed E-state index contributed by atoms with van der Waals surface area (Å²) in [5.41, 5.74) is 2.96. The van der Waals surface area contributed by atoms with E-state index in [1.165, 1.54) is 6.42 Å². The van der Waals surface area contributed by atoms with Crippen molar-refractivity contribution in [1.29, 1.82) is 0 Å². The Balaban J connectivity index is 1.67. The zero-order valence-corrected chi connectivity index (χ0v) is 26.4. The van der Waals surface area contributed by atoms with Crippen molar-refractivity contribution in [3.05, 3.63) is 65.9 Å². The number of methoxy groups -OCH3 is 1. The Bertz CT molecular complexity index is 1340. The Kier molecular flexibility index (Phi) is 11.6. The molecule has 1 saturated carbocycles. The van der Waals surface area contributed by atoms with Crippen LogP contribution in [0.2, 0.25) is 0 Å². The first-order valence-corrected chi connectivity index (χ1v) is 15.8. The number of ether oxygens (including phenoxy) is 2. The van der Waals surface area contributed by atoms with E-state index in [1.807, 2.05) is 73.1 Å². The quantitative estimate of drug-likeness (QED) is 0.199. The van der Waals surface area contributed by atoms with Gasteiger partial charge in [0.2, 0.25) is 5.91 Å². The topological polar surface area (TPSA) is 94.5 Å². The molecule has 8 heteroatoms. The van der Waals surface area contributed by atoms with E-state index in [9.17, 15) is 9.59 Å². The molecule has 3 atom stereocenters. The van der Waals surface area contributed by atoms with Crippen LogP contribution >= 0.6 is 0 Å². The predicted octanol–water partition coefficient (Wildman–Crippen LogP) is 6.95. The Morgan fingerprint density at radius 3 is 2.53 bits per heavy atom. The molecule has 4 rings (SSSR count). The minimum absolute atomic E-state index is 0.0518. The van der Waals surface area contributed by atoms with Crippen molar-refractivity contribution in [3.8, 4) is 22.8 Å². The average molecular weight is 589 g/mol. The van der Waals surface area contributed by atoms with Crippen molar-refractivity contribution in [2.24, 2.45) is 11.8 Å². The van der Waals surface area contributed by atoms with Crippen LogP contribution in [0, 0.1) is 11.8 Å². The van der Waals surface area contributed by atoms with Crippen LogP contribution in [0.3, 0.4) is 0 Å².